The van der Waals surface area contributed by atoms with Crippen molar-refractivity contribution in [2.24, 2.45) is 0 Å². The molecule has 70 valence electrons. The van der Waals surface area contributed by atoms with Crippen LogP contribution in [0.4, 0.5) is 0 Å². The van der Waals surface area contributed by atoms with Crippen molar-refractivity contribution in [3.05, 3.63) is 11.7 Å². The van der Waals surface area contributed by atoms with Crippen molar-refractivity contribution in [3.8, 4) is 0 Å². The zero-order chi connectivity index (χ0) is 9.10. The Bertz CT molecular complexity index is 291. The highest BCUT2D eigenvalue weighted by atomic mass is 16.5. The van der Waals surface area contributed by atoms with E-state index in [-0.39, 0.29) is 5.89 Å². The van der Waals surface area contributed by atoms with Crippen LogP contribution in [0, 0.1) is 0 Å². The lowest BCUT2D eigenvalue weighted by Gasteiger charge is -2.04. The summed E-state index contributed by atoms with van der Waals surface area (Å²) in [6, 6.07) is 0.442. The third kappa shape index (κ3) is 1.92. The van der Waals surface area contributed by atoms with Gasteiger partial charge in [-0.25, -0.2) is 0 Å². The van der Waals surface area contributed by atoms with Gasteiger partial charge < -0.3 is 9.84 Å². The molecule has 1 saturated heterocycles. The first-order valence-electron chi connectivity index (χ1n) is 4.39. The molecule has 2 rings (SSSR count). The Hall–Kier alpha value is -1.23. The first-order chi connectivity index (χ1) is 6.38. The number of aldehydes is 1. The molecule has 1 aromatic rings. The van der Waals surface area contributed by atoms with E-state index in [2.05, 4.69) is 20.0 Å². The number of aromatic nitrogens is 2. The standard InChI is InChI=1S/C8H11N3O2/c12-5-8-10-7(11-13-8)4-6-2-1-3-9-6/h5-6,9H,1-4H2. The third-order valence-electron chi connectivity index (χ3n) is 2.18. The van der Waals surface area contributed by atoms with Crippen LogP contribution in [0.3, 0.4) is 0 Å². The lowest BCUT2D eigenvalue weighted by Crippen LogP contribution is -2.24. The van der Waals surface area contributed by atoms with Gasteiger partial charge in [0.2, 0.25) is 6.29 Å². The predicted octanol–water partition coefficient (Wildman–Crippen LogP) is 0.177. The Morgan fingerprint density at radius 1 is 1.69 bits per heavy atom. The highest BCUT2D eigenvalue weighted by Gasteiger charge is 2.17. The minimum Gasteiger partial charge on any atom is -0.331 e. The fraction of sp³-hybridized carbons (Fsp3) is 0.625. The summed E-state index contributed by atoms with van der Waals surface area (Å²) in [6.45, 7) is 1.06. The Morgan fingerprint density at radius 2 is 2.62 bits per heavy atom. The zero-order valence-electron chi connectivity index (χ0n) is 7.19. The SMILES string of the molecule is O=Cc1nc(CC2CCCN2)no1. The summed E-state index contributed by atoms with van der Waals surface area (Å²) in [4.78, 5) is 14.2. The van der Waals surface area contributed by atoms with E-state index < -0.39 is 0 Å². The Balaban J connectivity index is 1.96. The molecule has 1 aliphatic heterocycles. The van der Waals surface area contributed by atoms with Crippen LogP contribution in [0.1, 0.15) is 29.4 Å². The minimum absolute atomic E-state index is 0.0630. The van der Waals surface area contributed by atoms with Crippen molar-refractivity contribution < 1.29 is 9.32 Å². The fourth-order valence-corrected chi connectivity index (χ4v) is 1.55. The van der Waals surface area contributed by atoms with E-state index in [1.165, 1.54) is 6.42 Å². The average molecular weight is 181 g/mol. The van der Waals surface area contributed by atoms with Gasteiger partial charge in [-0.1, -0.05) is 5.16 Å². The molecule has 13 heavy (non-hydrogen) atoms. The fourth-order valence-electron chi connectivity index (χ4n) is 1.55. The van der Waals surface area contributed by atoms with E-state index in [4.69, 9.17) is 0 Å². The lowest BCUT2D eigenvalue weighted by atomic mass is 10.1. The van der Waals surface area contributed by atoms with Crippen molar-refractivity contribution in [2.45, 2.75) is 25.3 Å². The lowest BCUT2D eigenvalue weighted by molar-refractivity contribution is 0.108. The summed E-state index contributed by atoms with van der Waals surface area (Å²) in [7, 11) is 0. The summed E-state index contributed by atoms with van der Waals surface area (Å²) < 4.78 is 4.67. The molecule has 1 fully saturated rings. The second kappa shape index (κ2) is 3.66. The first-order valence-corrected chi connectivity index (χ1v) is 4.39. The molecule has 0 aliphatic carbocycles. The molecule has 1 N–H and O–H groups in total. The van der Waals surface area contributed by atoms with Crippen LogP contribution >= 0.6 is 0 Å². The van der Waals surface area contributed by atoms with Gasteiger partial charge in [0.1, 0.15) is 0 Å². The molecule has 5 nitrogen and oxygen atoms in total. The highest BCUT2D eigenvalue weighted by Crippen LogP contribution is 2.09. The Kier molecular flexibility index (Phi) is 2.35. The average Bonchev–Trinajstić information content (AvgIpc) is 2.76. The van der Waals surface area contributed by atoms with Gasteiger partial charge in [-0.15, -0.1) is 0 Å². The number of hydrogen-bond acceptors (Lipinski definition) is 5. The van der Waals surface area contributed by atoms with Gasteiger partial charge in [0, 0.05) is 12.5 Å². The van der Waals surface area contributed by atoms with Crippen molar-refractivity contribution in [2.75, 3.05) is 6.54 Å². The first kappa shape index (κ1) is 8.37. The molecule has 0 saturated carbocycles. The molecular formula is C8H11N3O2. The molecule has 0 spiro atoms. The smallest absolute Gasteiger partial charge is 0.290 e. The Labute approximate surface area is 75.5 Å². The van der Waals surface area contributed by atoms with Gasteiger partial charge in [-0.05, 0) is 19.4 Å². The quantitative estimate of drug-likeness (QED) is 0.673. The van der Waals surface area contributed by atoms with Crippen LogP contribution in [0.2, 0.25) is 0 Å². The molecule has 1 atom stereocenters. The maximum Gasteiger partial charge on any atom is 0.290 e. The number of rotatable bonds is 3. The van der Waals surface area contributed by atoms with E-state index in [1.807, 2.05) is 0 Å². The predicted molar refractivity (Wildman–Crippen MR) is 44.4 cm³/mol. The number of hydrogen-bond donors (Lipinski definition) is 1. The van der Waals surface area contributed by atoms with Gasteiger partial charge in [-0.3, -0.25) is 4.79 Å². The highest BCUT2D eigenvalue weighted by molar-refractivity contribution is 5.66. The van der Waals surface area contributed by atoms with E-state index in [0.29, 0.717) is 18.2 Å². The van der Waals surface area contributed by atoms with Gasteiger partial charge in [0.25, 0.3) is 5.89 Å². The molecular weight excluding hydrogens is 170 g/mol. The van der Waals surface area contributed by atoms with Gasteiger partial charge >= 0.3 is 0 Å². The summed E-state index contributed by atoms with van der Waals surface area (Å²) in [6.07, 6.45) is 3.66. The topological polar surface area (TPSA) is 68.0 Å². The molecule has 1 aliphatic rings. The molecule has 1 aromatic heterocycles. The maximum atomic E-state index is 10.2. The molecule has 0 radical (unpaired) electrons. The summed E-state index contributed by atoms with van der Waals surface area (Å²) >= 11 is 0. The van der Waals surface area contributed by atoms with Crippen LogP contribution in [0.5, 0.6) is 0 Å². The van der Waals surface area contributed by atoms with Crippen molar-refractivity contribution in [3.63, 3.8) is 0 Å². The van der Waals surface area contributed by atoms with Crippen LogP contribution in [-0.2, 0) is 6.42 Å². The van der Waals surface area contributed by atoms with Crippen LogP contribution in [-0.4, -0.2) is 29.0 Å². The largest absolute Gasteiger partial charge is 0.331 e. The second-order valence-electron chi connectivity index (χ2n) is 3.16. The second-order valence-corrected chi connectivity index (χ2v) is 3.16. The van der Waals surface area contributed by atoms with E-state index >= 15 is 0 Å². The van der Waals surface area contributed by atoms with Gasteiger partial charge in [0.05, 0.1) is 0 Å². The van der Waals surface area contributed by atoms with Crippen molar-refractivity contribution in [1.82, 2.24) is 15.5 Å². The number of carbonyl (C=O) groups is 1. The van der Waals surface area contributed by atoms with Gasteiger partial charge in [-0.2, -0.15) is 4.98 Å². The maximum absolute atomic E-state index is 10.2. The van der Waals surface area contributed by atoms with Crippen LogP contribution in [0.15, 0.2) is 4.52 Å². The normalized spacial score (nSPS) is 22.0. The molecule has 5 heteroatoms. The molecule has 0 aromatic carbocycles. The molecule has 0 amide bonds. The summed E-state index contributed by atoms with van der Waals surface area (Å²) in [5, 5.41) is 7.02. The summed E-state index contributed by atoms with van der Waals surface area (Å²) in [5.41, 5.74) is 0. The minimum atomic E-state index is 0.0630. The third-order valence-corrected chi connectivity index (χ3v) is 2.18. The van der Waals surface area contributed by atoms with Crippen LogP contribution in [0.25, 0.3) is 0 Å². The van der Waals surface area contributed by atoms with E-state index in [1.54, 1.807) is 0 Å². The van der Waals surface area contributed by atoms with Crippen molar-refractivity contribution in [1.29, 1.82) is 0 Å². The van der Waals surface area contributed by atoms with Gasteiger partial charge in [0.15, 0.2) is 5.82 Å². The number of carbonyl (C=O) groups excluding carboxylic acids is 1. The molecule has 1 unspecified atom stereocenters. The molecule has 0 bridgehead atoms. The number of nitrogens with zero attached hydrogens (tertiary/aromatic N) is 2. The molecule has 2 heterocycles. The summed E-state index contributed by atoms with van der Waals surface area (Å²) in [5.74, 6) is 0.675. The van der Waals surface area contributed by atoms with Crippen LogP contribution < -0.4 is 5.32 Å². The zero-order valence-corrected chi connectivity index (χ0v) is 7.19. The Morgan fingerprint density at radius 3 is 3.23 bits per heavy atom. The van der Waals surface area contributed by atoms with E-state index in [0.717, 1.165) is 19.4 Å². The number of nitrogens with one attached hydrogen (secondary N) is 1. The van der Waals surface area contributed by atoms with Crippen molar-refractivity contribution >= 4 is 6.29 Å². The monoisotopic (exact) mass is 181 g/mol. The van der Waals surface area contributed by atoms with E-state index in [9.17, 15) is 4.79 Å².